The monoisotopic (exact) mass is 558 g/mol. The van der Waals surface area contributed by atoms with Crippen molar-refractivity contribution < 1.29 is 19.1 Å². The predicted molar refractivity (Wildman–Crippen MR) is 158 cm³/mol. The van der Waals surface area contributed by atoms with Crippen LogP contribution in [0.4, 0.5) is 9.18 Å². The number of hydrogen-bond donors (Lipinski definition) is 3. The molecule has 5 rings (SSSR count). The largest absolute Gasteiger partial charge is 0.465 e. The molecular weight excluding hydrogens is 519 g/mol. The fourth-order valence-corrected chi connectivity index (χ4v) is 6.00. The Morgan fingerprint density at radius 1 is 0.976 bits per heavy atom. The molecule has 2 heterocycles. The van der Waals surface area contributed by atoms with Crippen molar-refractivity contribution in [3.05, 3.63) is 94.8 Å². The Kier molecular flexibility index (Phi) is 9.31. The van der Waals surface area contributed by atoms with Crippen molar-refractivity contribution in [2.75, 3.05) is 32.7 Å². The first kappa shape index (κ1) is 28.8. The summed E-state index contributed by atoms with van der Waals surface area (Å²) in [7, 11) is 0. The van der Waals surface area contributed by atoms with Crippen molar-refractivity contribution in [1.29, 1.82) is 0 Å². The Labute approximate surface area is 241 Å². The summed E-state index contributed by atoms with van der Waals surface area (Å²) in [5.74, 6) is 0.199. The number of amides is 2. The Bertz CT molecular complexity index is 1370. The normalized spacial score (nSPS) is 18.3. The molecule has 0 saturated carbocycles. The van der Waals surface area contributed by atoms with Crippen LogP contribution in [-0.4, -0.2) is 65.7 Å². The van der Waals surface area contributed by atoms with Crippen molar-refractivity contribution >= 4 is 12.0 Å². The summed E-state index contributed by atoms with van der Waals surface area (Å²) in [6.07, 6.45) is 2.43. The first-order valence-electron chi connectivity index (χ1n) is 14.5. The van der Waals surface area contributed by atoms with E-state index in [0.717, 1.165) is 49.0 Å². The van der Waals surface area contributed by atoms with Crippen LogP contribution < -0.4 is 10.6 Å². The summed E-state index contributed by atoms with van der Waals surface area (Å²) in [5.41, 5.74) is 4.96. The predicted octanol–water partition coefficient (Wildman–Crippen LogP) is 5.15. The molecule has 41 heavy (non-hydrogen) atoms. The molecule has 0 spiro atoms. The van der Waals surface area contributed by atoms with Crippen LogP contribution in [-0.2, 0) is 19.5 Å². The molecule has 2 fully saturated rings. The van der Waals surface area contributed by atoms with Gasteiger partial charge in [0.15, 0.2) is 0 Å². The molecule has 2 amide bonds. The lowest BCUT2D eigenvalue weighted by Gasteiger charge is -2.38. The molecule has 3 aromatic carbocycles. The molecule has 0 unspecified atom stereocenters. The summed E-state index contributed by atoms with van der Waals surface area (Å²) in [5, 5.41) is 15.7. The second kappa shape index (κ2) is 13.3. The van der Waals surface area contributed by atoms with E-state index in [4.69, 9.17) is 0 Å². The van der Waals surface area contributed by atoms with Gasteiger partial charge in [-0.25, -0.2) is 9.18 Å². The molecule has 2 aliphatic heterocycles. The molecule has 3 aromatic rings. The van der Waals surface area contributed by atoms with Gasteiger partial charge < -0.3 is 20.6 Å². The fourth-order valence-electron chi connectivity index (χ4n) is 6.00. The average Bonchev–Trinajstić information content (AvgIpc) is 2.97. The van der Waals surface area contributed by atoms with Gasteiger partial charge in [0.05, 0.1) is 0 Å². The Morgan fingerprint density at radius 2 is 1.76 bits per heavy atom. The number of piperidine rings is 1. The van der Waals surface area contributed by atoms with E-state index in [2.05, 4.69) is 21.6 Å². The second-order valence-corrected chi connectivity index (χ2v) is 11.4. The smallest absolute Gasteiger partial charge is 0.407 e. The maximum absolute atomic E-state index is 15.0. The molecule has 7 nitrogen and oxygen atoms in total. The zero-order chi connectivity index (χ0) is 28.8. The van der Waals surface area contributed by atoms with Crippen molar-refractivity contribution in [3.63, 3.8) is 0 Å². The number of carbonyl (C=O) groups is 2. The molecule has 3 N–H and O–H groups in total. The maximum atomic E-state index is 15.0. The molecule has 1 atom stereocenters. The van der Waals surface area contributed by atoms with Crippen LogP contribution in [0, 0.1) is 11.7 Å². The van der Waals surface area contributed by atoms with Gasteiger partial charge in [0.2, 0.25) is 0 Å². The van der Waals surface area contributed by atoms with Crippen LogP contribution in [0.3, 0.4) is 0 Å². The van der Waals surface area contributed by atoms with E-state index < -0.39 is 6.09 Å². The number of halogens is 1. The summed E-state index contributed by atoms with van der Waals surface area (Å²) in [4.78, 5) is 28.0. The second-order valence-electron chi connectivity index (χ2n) is 11.4. The highest BCUT2D eigenvalue weighted by molar-refractivity contribution is 5.94. The van der Waals surface area contributed by atoms with E-state index in [1.807, 2.05) is 49.4 Å². The average molecular weight is 559 g/mol. The summed E-state index contributed by atoms with van der Waals surface area (Å²) < 4.78 is 15.0. The minimum absolute atomic E-state index is 0.0781. The maximum Gasteiger partial charge on any atom is 0.407 e. The highest BCUT2D eigenvalue weighted by Gasteiger charge is 2.27. The number of carboxylic acid groups (broad SMARTS) is 1. The van der Waals surface area contributed by atoms with Crippen LogP contribution in [0.1, 0.15) is 46.8 Å². The van der Waals surface area contributed by atoms with Gasteiger partial charge in [-0.05, 0) is 97.8 Å². The van der Waals surface area contributed by atoms with Crippen LogP contribution in [0.25, 0.3) is 11.1 Å². The van der Waals surface area contributed by atoms with Crippen molar-refractivity contribution in [3.8, 4) is 11.1 Å². The van der Waals surface area contributed by atoms with Gasteiger partial charge in [-0.15, -0.1) is 0 Å². The molecule has 8 heteroatoms. The highest BCUT2D eigenvalue weighted by Crippen LogP contribution is 2.26. The summed E-state index contributed by atoms with van der Waals surface area (Å²) in [6.45, 7) is 6.78. The Balaban J connectivity index is 1.21. The van der Waals surface area contributed by atoms with Gasteiger partial charge in [-0.3, -0.25) is 9.69 Å². The molecule has 0 aromatic heterocycles. The van der Waals surface area contributed by atoms with Gasteiger partial charge in [-0.1, -0.05) is 36.4 Å². The van der Waals surface area contributed by atoms with E-state index in [1.54, 1.807) is 12.1 Å². The summed E-state index contributed by atoms with van der Waals surface area (Å²) in [6, 6.07) is 20.6. The van der Waals surface area contributed by atoms with Gasteiger partial charge in [0.25, 0.3) is 5.91 Å². The number of carbonyl (C=O) groups excluding carboxylic acids is 1. The minimum Gasteiger partial charge on any atom is -0.465 e. The number of nitrogens with zero attached hydrogens (tertiary/aromatic N) is 2. The molecule has 2 aliphatic rings. The highest BCUT2D eigenvalue weighted by atomic mass is 19.1. The Hall–Kier alpha value is -3.75. The van der Waals surface area contributed by atoms with Crippen LogP contribution in [0.5, 0.6) is 0 Å². The van der Waals surface area contributed by atoms with Crippen LogP contribution in [0.15, 0.2) is 66.7 Å². The van der Waals surface area contributed by atoms with Gasteiger partial charge in [-0.2, -0.15) is 0 Å². The third-order valence-electron chi connectivity index (χ3n) is 8.26. The number of hydrogen-bond acceptors (Lipinski definition) is 4. The minimum atomic E-state index is -0.883. The number of piperazine rings is 1. The number of benzene rings is 3. The van der Waals surface area contributed by atoms with Crippen molar-refractivity contribution in [2.24, 2.45) is 5.92 Å². The van der Waals surface area contributed by atoms with Gasteiger partial charge >= 0.3 is 6.09 Å². The molecule has 0 radical (unpaired) electrons. The van der Waals surface area contributed by atoms with Crippen LogP contribution in [0.2, 0.25) is 0 Å². The van der Waals surface area contributed by atoms with E-state index in [-0.39, 0.29) is 17.8 Å². The third-order valence-corrected chi connectivity index (χ3v) is 8.26. The van der Waals surface area contributed by atoms with Crippen molar-refractivity contribution in [2.45, 2.75) is 45.3 Å². The topological polar surface area (TPSA) is 84.9 Å². The standard InChI is InChI=1S/C33H39FN4O3/c1-23-21-37(14-15-38(23)33(40)41)22-27-5-3-6-28(18-27)30-19-26(8-9-31(30)34)20-36-32(39)29-7-2-4-25(17-29)16-24-10-12-35-13-11-24/h2-9,17-19,23-24,35H,10-16,20-22H2,1H3,(H,36,39)(H,40,41)/t23-/m0/s1. The van der Waals surface area contributed by atoms with E-state index >= 15 is 0 Å². The van der Waals surface area contributed by atoms with Gasteiger partial charge in [0, 0.05) is 49.9 Å². The third kappa shape index (κ3) is 7.51. The SMILES string of the molecule is C[C@H]1CN(Cc2cccc(-c3cc(CNC(=O)c4cccc(CC5CCNCC5)c4)ccc3F)c2)CCN1C(=O)O. The van der Waals surface area contributed by atoms with Crippen LogP contribution >= 0.6 is 0 Å². The van der Waals surface area contributed by atoms with E-state index in [1.165, 1.54) is 16.5 Å². The van der Waals surface area contributed by atoms with E-state index in [0.29, 0.717) is 49.8 Å². The lowest BCUT2D eigenvalue weighted by molar-refractivity contribution is 0.0711. The molecule has 0 aliphatic carbocycles. The molecular formula is C33H39FN4O3. The molecule has 0 bridgehead atoms. The fraction of sp³-hybridized carbons (Fsp3) is 0.394. The number of rotatable bonds is 8. The quantitative estimate of drug-likeness (QED) is 0.356. The zero-order valence-corrected chi connectivity index (χ0v) is 23.6. The molecule has 2 saturated heterocycles. The first-order valence-corrected chi connectivity index (χ1v) is 14.5. The van der Waals surface area contributed by atoms with Crippen molar-refractivity contribution in [1.82, 2.24) is 20.4 Å². The lowest BCUT2D eigenvalue weighted by atomic mass is 9.90. The van der Waals surface area contributed by atoms with Gasteiger partial charge in [0.1, 0.15) is 5.82 Å². The molecule has 216 valence electrons. The van der Waals surface area contributed by atoms with E-state index in [9.17, 15) is 19.1 Å². The lowest BCUT2D eigenvalue weighted by Crippen LogP contribution is -2.53. The number of nitrogens with one attached hydrogen (secondary N) is 2. The Morgan fingerprint density at radius 3 is 2.54 bits per heavy atom. The first-order chi connectivity index (χ1) is 19.9. The summed E-state index contributed by atoms with van der Waals surface area (Å²) >= 11 is 0. The zero-order valence-electron chi connectivity index (χ0n) is 23.6.